The molecule has 2 aliphatic heterocycles. The van der Waals surface area contributed by atoms with Gasteiger partial charge in [0.15, 0.2) is 5.54 Å². The van der Waals surface area contributed by atoms with Gasteiger partial charge in [-0.05, 0) is 37.3 Å². The number of halogens is 1. The molecule has 144 valence electrons. The molecule has 1 aromatic heterocycles. The van der Waals surface area contributed by atoms with Crippen molar-refractivity contribution in [2.75, 3.05) is 5.32 Å². The maximum atomic E-state index is 13.1. The van der Waals surface area contributed by atoms with Crippen molar-refractivity contribution in [2.24, 2.45) is 5.10 Å². The molecule has 0 radical (unpaired) electrons. The van der Waals surface area contributed by atoms with Crippen molar-refractivity contribution in [3.63, 3.8) is 0 Å². The van der Waals surface area contributed by atoms with E-state index < -0.39 is 11.2 Å². The molecular formula is C21H14ClN3O3S. The Morgan fingerprint density at radius 2 is 2.03 bits per heavy atom. The first-order valence-corrected chi connectivity index (χ1v) is 9.72. The zero-order chi connectivity index (χ0) is 20.3. The number of amides is 1. The third-order valence-corrected chi connectivity index (χ3v) is 5.72. The van der Waals surface area contributed by atoms with E-state index in [1.165, 1.54) is 5.01 Å². The van der Waals surface area contributed by atoms with Gasteiger partial charge >= 0.3 is 5.63 Å². The Balaban J connectivity index is 1.70. The van der Waals surface area contributed by atoms with Crippen LogP contribution in [0.1, 0.15) is 24.5 Å². The number of anilines is 1. The summed E-state index contributed by atoms with van der Waals surface area (Å²) in [6, 6.07) is 14.2. The molecule has 1 amide bonds. The number of para-hydroxylation sites is 1. The van der Waals surface area contributed by atoms with Crippen LogP contribution in [0.3, 0.4) is 0 Å². The Morgan fingerprint density at radius 3 is 2.83 bits per heavy atom. The number of nitrogens with zero attached hydrogens (tertiary/aromatic N) is 2. The van der Waals surface area contributed by atoms with Crippen LogP contribution in [0.4, 0.5) is 5.69 Å². The summed E-state index contributed by atoms with van der Waals surface area (Å²) in [5.74, 6) is -0.261. The molecule has 1 N–H and O–H groups in total. The highest BCUT2D eigenvalue weighted by Crippen LogP contribution is 2.48. The number of nitrogens with one attached hydrogen (secondary N) is 1. The molecule has 3 heterocycles. The van der Waals surface area contributed by atoms with Crippen LogP contribution in [0.2, 0.25) is 5.02 Å². The van der Waals surface area contributed by atoms with Gasteiger partial charge in [-0.25, -0.2) is 9.80 Å². The number of hydrogen-bond acceptors (Lipinski definition) is 5. The van der Waals surface area contributed by atoms with Crippen LogP contribution in [0, 0.1) is 0 Å². The number of carbonyl (C=O) groups is 1. The highest BCUT2D eigenvalue weighted by molar-refractivity contribution is 7.80. The molecule has 29 heavy (non-hydrogen) atoms. The monoisotopic (exact) mass is 423 g/mol. The predicted molar refractivity (Wildman–Crippen MR) is 116 cm³/mol. The topological polar surface area (TPSA) is 74.9 Å². The molecule has 1 atom stereocenters. The van der Waals surface area contributed by atoms with E-state index in [0.29, 0.717) is 38.1 Å². The van der Waals surface area contributed by atoms with Gasteiger partial charge in [0, 0.05) is 28.1 Å². The van der Waals surface area contributed by atoms with Crippen LogP contribution < -0.4 is 10.9 Å². The Morgan fingerprint density at radius 1 is 1.24 bits per heavy atom. The lowest BCUT2D eigenvalue weighted by atomic mass is 9.85. The molecule has 5 rings (SSSR count). The molecular weight excluding hydrogens is 410 g/mol. The molecule has 0 saturated heterocycles. The lowest BCUT2D eigenvalue weighted by Gasteiger charge is -2.31. The van der Waals surface area contributed by atoms with E-state index in [9.17, 15) is 9.59 Å². The van der Waals surface area contributed by atoms with Crippen LogP contribution in [0.25, 0.3) is 11.0 Å². The van der Waals surface area contributed by atoms with Crippen LogP contribution in [0.15, 0.2) is 62.8 Å². The maximum absolute atomic E-state index is 13.1. The normalized spacial score (nSPS) is 20.1. The third kappa shape index (κ3) is 2.54. The Hall–Kier alpha value is -3.03. The zero-order valence-electron chi connectivity index (χ0n) is 15.2. The molecule has 2 aliphatic rings. The smallest absolute Gasteiger partial charge is 0.345 e. The molecule has 2 aromatic carbocycles. The van der Waals surface area contributed by atoms with E-state index in [0.717, 1.165) is 5.39 Å². The first-order valence-electron chi connectivity index (χ1n) is 8.93. The Labute approximate surface area is 175 Å². The molecule has 0 aliphatic carbocycles. The van der Waals surface area contributed by atoms with Gasteiger partial charge in [0.1, 0.15) is 5.58 Å². The molecule has 3 aromatic rings. The van der Waals surface area contributed by atoms with Gasteiger partial charge in [-0.2, -0.15) is 5.10 Å². The largest absolute Gasteiger partial charge is 0.422 e. The molecule has 0 fully saturated rings. The summed E-state index contributed by atoms with van der Waals surface area (Å²) in [6.45, 7) is 1.70. The SMILES string of the molecule is CC(=S)N1N=C(c2cc3ccccc3oc2=O)CC12C(=O)Nc1ccc(Cl)cc12. The number of thiocarbonyl (C=S) groups is 1. The lowest BCUT2D eigenvalue weighted by molar-refractivity contribution is -0.124. The highest BCUT2D eigenvalue weighted by Gasteiger charge is 2.56. The van der Waals surface area contributed by atoms with E-state index in [-0.39, 0.29) is 12.3 Å². The third-order valence-electron chi connectivity index (χ3n) is 5.31. The van der Waals surface area contributed by atoms with Gasteiger partial charge in [-0.1, -0.05) is 42.0 Å². The molecule has 6 nitrogen and oxygen atoms in total. The molecule has 0 bridgehead atoms. The molecule has 1 spiro atoms. The van der Waals surface area contributed by atoms with E-state index in [1.54, 1.807) is 43.3 Å². The van der Waals surface area contributed by atoms with Gasteiger partial charge in [-0.3, -0.25) is 4.79 Å². The fourth-order valence-corrected chi connectivity index (χ4v) is 4.38. The van der Waals surface area contributed by atoms with Crippen molar-refractivity contribution in [3.8, 4) is 0 Å². The first-order chi connectivity index (χ1) is 13.9. The number of hydrogen-bond donors (Lipinski definition) is 1. The molecule has 1 unspecified atom stereocenters. The minimum Gasteiger partial charge on any atom is -0.422 e. The van der Waals surface area contributed by atoms with Crippen LogP contribution in [-0.2, 0) is 10.3 Å². The van der Waals surface area contributed by atoms with Crippen molar-refractivity contribution in [1.82, 2.24) is 5.01 Å². The zero-order valence-corrected chi connectivity index (χ0v) is 16.8. The number of carbonyl (C=O) groups excluding carboxylic acids is 1. The van der Waals surface area contributed by atoms with Crippen molar-refractivity contribution < 1.29 is 9.21 Å². The summed E-state index contributed by atoms with van der Waals surface area (Å²) in [6.07, 6.45) is 0.170. The standard InChI is InChI=1S/C21H14ClN3O3S/c1-11(29)25-21(15-9-13(22)6-7-16(15)23-20(21)27)10-17(24-25)14-8-12-4-2-3-5-18(12)28-19(14)26/h2-9H,10H2,1H3,(H,23,27). The van der Waals surface area contributed by atoms with Crippen LogP contribution >= 0.6 is 23.8 Å². The predicted octanol–water partition coefficient (Wildman–Crippen LogP) is 4.05. The van der Waals surface area contributed by atoms with Crippen LogP contribution in [-0.4, -0.2) is 21.6 Å². The highest BCUT2D eigenvalue weighted by atomic mass is 35.5. The van der Waals surface area contributed by atoms with Crippen molar-refractivity contribution in [3.05, 3.63) is 75.1 Å². The summed E-state index contributed by atoms with van der Waals surface area (Å²) >= 11 is 11.6. The van der Waals surface area contributed by atoms with Crippen molar-refractivity contribution in [1.29, 1.82) is 0 Å². The first kappa shape index (κ1) is 18.0. The second kappa shape index (κ2) is 6.23. The number of fused-ring (bicyclic) bond motifs is 3. The van der Waals surface area contributed by atoms with Gasteiger partial charge < -0.3 is 9.73 Å². The minimum atomic E-state index is -1.18. The summed E-state index contributed by atoms with van der Waals surface area (Å²) in [7, 11) is 0. The summed E-state index contributed by atoms with van der Waals surface area (Å²) in [5, 5.41) is 10.2. The fraction of sp³-hybridized carbons (Fsp3) is 0.143. The van der Waals surface area contributed by atoms with Gasteiger partial charge in [0.2, 0.25) is 0 Å². The average molecular weight is 424 g/mol. The van der Waals surface area contributed by atoms with Crippen molar-refractivity contribution >= 4 is 57.1 Å². The molecule has 0 saturated carbocycles. The lowest BCUT2D eigenvalue weighted by Crippen LogP contribution is -2.47. The summed E-state index contributed by atoms with van der Waals surface area (Å²) in [5.41, 5.74) is 0.895. The number of hydrazone groups is 1. The fourth-order valence-electron chi connectivity index (χ4n) is 4.01. The van der Waals surface area contributed by atoms with E-state index >= 15 is 0 Å². The van der Waals surface area contributed by atoms with Gasteiger partial charge in [0.25, 0.3) is 5.91 Å². The van der Waals surface area contributed by atoms with E-state index in [2.05, 4.69) is 10.4 Å². The minimum absolute atomic E-state index is 0.170. The Bertz CT molecular complexity index is 1320. The van der Waals surface area contributed by atoms with E-state index in [4.69, 9.17) is 28.2 Å². The second-order valence-electron chi connectivity index (χ2n) is 7.04. The average Bonchev–Trinajstić information content (AvgIpc) is 3.22. The van der Waals surface area contributed by atoms with E-state index in [1.807, 2.05) is 12.1 Å². The molecule has 8 heteroatoms. The number of benzene rings is 2. The summed E-state index contributed by atoms with van der Waals surface area (Å²) < 4.78 is 5.46. The van der Waals surface area contributed by atoms with Gasteiger partial charge in [-0.15, -0.1) is 0 Å². The maximum Gasteiger partial charge on any atom is 0.345 e. The second-order valence-corrected chi connectivity index (χ2v) is 8.07. The van der Waals surface area contributed by atoms with Gasteiger partial charge in [0.05, 0.1) is 16.3 Å². The number of rotatable bonds is 1. The summed E-state index contributed by atoms with van der Waals surface area (Å²) in [4.78, 5) is 26.2. The van der Waals surface area contributed by atoms with Crippen LogP contribution in [0.5, 0.6) is 0 Å². The van der Waals surface area contributed by atoms with Crippen molar-refractivity contribution in [2.45, 2.75) is 18.9 Å². The quantitative estimate of drug-likeness (QED) is 0.472. The Kier molecular flexibility index (Phi) is 3.88.